The maximum Gasteiger partial charge on any atom is -0.0274 e. The zero-order valence-corrected chi connectivity index (χ0v) is 12.6. The van der Waals surface area contributed by atoms with Crippen molar-refractivity contribution in [3.8, 4) is 0 Å². The molecule has 0 fully saturated rings. The molecule has 0 N–H and O–H groups in total. The van der Waals surface area contributed by atoms with E-state index >= 15 is 0 Å². The Balaban J connectivity index is 3.15. The van der Waals surface area contributed by atoms with Gasteiger partial charge in [0.1, 0.15) is 0 Å². The third kappa shape index (κ3) is 15.5. The van der Waals surface area contributed by atoms with Crippen molar-refractivity contribution in [2.45, 2.75) is 90.4 Å². The molecule has 0 unspecified atom stereocenters. The summed E-state index contributed by atoms with van der Waals surface area (Å²) in [5, 5.41) is 0. The van der Waals surface area contributed by atoms with E-state index in [9.17, 15) is 0 Å². The Hall–Kier alpha value is -0.480. The monoisotopic (exact) mass is 249 g/mol. The molecule has 0 spiro atoms. The molecule has 105 valence electrons. The largest absolute Gasteiger partial charge is 0.130 e. The molecule has 0 saturated heterocycles. The molecule has 0 amide bonds. The van der Waals surface area contributed by atoms with Gasteiger partial charge in [0.15, 0.2) is 0 Å². The second-order valence-corrected chi connectivity index (χ2v) is 5.19. The van der Waals surface area contributed by atoms with Crippen LogP contribution in [-0.2, 0) is 0 Å². The number of unbranched alkanes of at least 4 members (excludes halogenated alkanes) is 11. The molecule has 0 nitrogen and oxygen atoms in total. The van der Waals surface area contributed by atoms with Gasteiger partial charge in [-0.2, -0.15) is 0 Å². The predicted molar refractivity (Wildman–Crippen MR) is 83.7 cm³/mol. The van der Waals surface area contributed by atoms with Crippen LogP contribution in [0.2, 0.25) is 0 Å². The van der Waals surface area contributed by atoms with Gasteiger partial charge in [-0.1, -0.05) is 71.6 Å². The zero-order chi connectivity index (χ0) is 13.3. The lowest BCUT2D eigenvalue weighted by Crippen LogP contribution is -1.77. The van der Waals surface area contributed by atoms with Gasteiger partial charge in [0, 0.05) is 0 Å². The van der Waals surface area contributed by atoms with Crippen molar-refractivity contribution in [3.05, 3.63) is 24.8 Å². The molecule has 0 aromatic rings. The highest BCUT2D eigenvalue weighted by molar-refractivity contribution is 4.84. The van der Waals surface area contributed by atoms with Gasteiger partial charge in [-0.3, -0.25) is 0 Å². The van der Waals surface area contributed by atoms with Gasteiger partial charge < -0.3 is 0 Å². The highest BCUT2D eigenvalue weighted by Gasteiger charge is 1.88. The van der Waals surface area contributed by atoms with Crippen LogP contribution < -0.4 is 0 Å². The van der Waals surface area contributed by atoms with E-state index in [1.54, 1.807) is 0 Å². The van der Waals surface area contributed by atoms with Gasteiger partial charge in [-0.15, -0.1) is 5.73 Å². The molecule has 0 aliphatic rings. The summed E-state index contributed by atoms with van der Waals surface area (Å²) >= 11 is 0. The van der Waals surface area contributed by atoms with Crippen molar-refractivity contribution in [3.63, 3.8) is 0 Å². The Labute approximate surface area is 116 Å². The third-order valence-electron chi connectivity index (χ3n) is 3.29. The van der Waals surface area contributed by atoms with E-state index in [2.05, 4.69) is 31.7 Å². The number of rotatable bonds is 13. The molecule has 1 radical (unpaired) electrons. The average Bonchev–Trinajstić information content (AvgIpc) is 2.39. The maximum absolute atomic E-state index is 3.86. The molecule has 0 saturated carbocycles. The Kier molecular flexibility index (Phi) is 16.1. The first kappa shape index (κ1) is 17.5. The van der Waals surface area contributed by atoms with Crippen molar-refractivity contribution < 1.29 is 0 Å². The van der Waals surface area contributed by atoms with E-state index < -0.39 is 0 Å². The summed E-state index contributed by atoms with van der Waals surface area (Å²) in [6.07, 6.45) is 21.6. The Morgan fingerprint density at radius 1 is 0.722 bits per heavy atom. The summed E-state index contributed by atoms with van der Waals surface area (Å²) in [5.41, 5.74) is 3.32. The first-order valence-electron chi connectivity index (χ1n) is 8.10. The molecular formula is C18H33. The number of allylic oxidation sites excluding steroid dienone is 1. The molecule has 0 atom stereocenters. The summed E-state index contributed by atoms with van der Waals surface area (Å²) in [5.74, 6) is 0. The molecule has 0 heterocycles. The second kappa shape index (κ2) is 16.5. The normalized spacial score (nSPS) is 10.1. The Morgan fingerprint density at radius 2 is 1.22 bits per heavy atom. The summed E-state index contributed by atoms with van der Waals surface area (Å²) in [6.45, 7) is 6.13. The lowest BCUT2D eigenvalue weighted by molar-refractivity contribution is 0.621. The molecule has 0 aromatic carbocycles. The van der Waals surface area contributed by atoms with Gasteiger partial charge in [-0.25, -0.2) is 0 Å². The topological polar surface area (TPSA) is 0 Å². The van der Waals surface area contributed by atoms with E-state index in [0.717, 1.165) is 6.42 Å². The minimum atomic E-state index is 1.10. The highest BCUT2D eigenvalue weighted by Crippen LogP contribution is 2.07. The highest BCUT2D eigenvalue weighted by atomic mass is 13.9. The van der Waals surface area contributed by atoms with Gasteiger partial charge in [0.05, 0.1) is 0 Å². The number of hydrogen-bond acceptors (Lipinski definition) is 0. The summed E-state index contributed by atoms with van der Waals surface area (Å²) < 4.78 is 0. The van der Waals surface area contributed by atoms with E-state index in [4.69, 9.17) is 0 Å². The SMILES string of the molecule is [CH2]CCCCCCCC=C=CCCCCCCC. The molecule has 0 aromatic heterocycles. The first-order chi connectivity index (χ1) is 8.91. The predicted octanol–water partition coefficient (Wildman–Crippen LogP) is 6.62. The van der Waals surface area contributed by atoms with Crippen LogP contribution in [-0.4, -0.2) is 0 Å². The Bertz CT molecular complexity index is 196. The van der Waals surface area contributed by atoms with E-state index in [0.29, 0.717) is 0 Å². The summed E-state index contributed by atoms with van der Waals surface area (Å²) in [7, 11) is 0. The van der Waals surface area contributed by atoms with Gasteiger partial charge >= 0.3 is 0 Å². The van der Waals surface area contributed by atoms with Crippen LogP contribution in [0.3, 0.4) is 0 Å². The maximum atomic E-state index is 3.86. The lowest BCUT2D eigenvalue weighted by Gasteiger charge is -1.96. The first-order valence-corrected chi connectivity index (χ1v) is 8.10. The average molecular weight is 249 g/mol. The van der Waals surface area contributed by atoms with Crippen molar-refractivity contribution >= 4 is 0 Å². The van der Waals surface area contributed by atoms with Crippen LogP contribution in [0.25, 0.3) is 0 Å². The van der Waals surface area contributed by atoms with Crippen LogP contribution >= 0.6 is 0 Å². The zero-order valence-electron chi connectivity index (χ0n) is 12.6. The molecule has 0 bridgehead atoms. The van der Waals surface area contributed by atoms with Crippen molar-refractivity contribution in [2.24, 2.45) is 0 Å². The second-order valence-electron chi connectivity index (χ2n) is 5.19. The van der Waals surface area contributed by atoms with Gasteiger partial charge in [-0.05, 0) is 37.8 Å². The summed E-state index contributed by atoms with van der Waals surface area (Å²) in [4.78, 5) is 0. The molecular weight excluding hydrogens is 216 g/mol. The van der Waals surface area contributed by atoms with Crippen LogP contribution in [0.4, 0.5) is 0 Å². The van der Waals surface area contributed by atoms with E-state index in [-0.39, 0.29) is 0 Å². The summed E-state index contributed by atoms with van der Waals surface area (Å²) in [6, 6.07) is 0. The number of hydrogen-bond donors (Lipinski definition) is 0. The lowest BCUT2D eigenvalue weighted by atomic mass is 10.1. The van der Waals surface area contributed by atoms with Gasteiger partial charge in [0.25, 0.3) is 0 Å². The van der Waals surface area contributed by atoms with Crippen LogP contribution in [0.15, 0.2) is 17.9 Å². The fourth-order valence-corrected chi connectivity index (χ4v) is 2.05. The Morgan fingerprint density at radius 3 is 1.78 bits per heavy atom. The third-order valence-corrected chi connectivity index (χ3v) is 3.29. The van der Waals surface area contributed by atoms with Crippen molar-refractivity contribution in [2.75, 3.05) is 0 Å². The van der Waals surface area contributed by atoms with Crippen molar-refractivity contribution in [1.82, 2.24) is 0 Å². The van der Waals surface area contributed by atoms with Crippen LogP contribution in [0.5, 0.6) is 0 Å². The minimum absolute atomic E-state index is 1.10. The smallest absolute Gasteiger partial charge is 0.0274 e. The minimum Gasteiger partial charge on any atom is -0.130 e. The molecule has 0 heteroatoms. The quantitative estimate of drug-likeness (QED) is 0.254. The van der Waals surface area contributed by atoms with Crippen LogP contribution in [0, 0.1) is 6.92 Å². The van der Waals surface area contributed by atoms with E-state index in [1.165, 1.54) is 77.0 Å². The van der Waals surface area contributed by atoms with Crippen LogP contribution in [0.1, 0.15) is 90.4 Å². The fraction of sp³-hybridized carbons (Fsp3) is 0.778. The molecule has 0 aliphatic heterocycles. The van der Waals surface area contributed by atoms with Gasteiger partial charge in [0.2, 0.25) is 0 Å². The van der Waals surface area contributed by atoms with Crippen molar-refractivity contribution in [1.29, 1.82) is 0 Å². The molecule has 0 rings (SSSR count). The standard InChI is InChI=1S/C18H33/c1-3-5-7-9-11-13-15-17-18-16-14-12-10-8-6-4-2/h16-17H,1,3-15H2,2H3. The van der Waals surface area contributed by atoms with E-state index in [1.807, 2.05) is 0 Å². The molecule has 0 aliphatic carbocycles. The molecule has 18 heavy (non-hydrogen) atoms. The fourth-order valence-electron chi connectivity index (χ4n) is 2.05.